The molecule has 0 bridgehead atoms. The van der Waals surface area contributed by atoms with Crippen molar-refractivity contribution < 1.29 is 23.9 Å². The van der Waals surface area contributed by atoms with Crippen molar-refractivity contribution in [1.82, 2.24) is 0 Å². The summed E-state index contributed by atoms with van der Waals surface area (Å²) in [4.78, 5) is 25.5. The second-order valence-corrected chi connectivity index (χ2v) is 6.93. The van der Waals surface area contributed by atoms with Crippen LogP contribution in [0.4, 0.5) is 0 Å². The van der Waals surface area contributed by atoms with E-state index in [2.05, 4.69) is 36.6 Å². The number of benzene rings is 2. The van der Waals surface area contributed by atoms with Gasteiger partial charge in [-0.25, -0.2) is 4.79 Å². The van der Waals surface area contributed by atoms with Crippen LogP contribution in [0.1, 0.15) is 25.0 Å². The van der Waals surface area contributed by atoms with E-state index in [1.165, 1.54) is 0 Å². The smallest absolute Gasteiger partial charge is 0.422 e. The van der Waals surface area contributed by atoms with Gasteiger partial charge in [0.25, 0.3) is 0 Å². The van der Waals surface area contributed by atoms with Crippen LogP contribution in [0.5, 0.6) is 0 Å². The van der Waals surface area contributed by atoms with E-state index in [4.69, 9.17) is 15.0 Å². The van der Waals surface area contributed by atoms with E-state index in [-0.39, 0.29) is 18.3 Å². The third-order valence-electron chi connectivity index (χ3n) is 3.30. The number of hydrogen-bond donors (Lipinski definition) is 0. The number of esters is 2. The molecule has 0 radical (unpaired) electrons. The molecule has 6 nitrogen and oxygen atoms in total. The number of carbonyl (C=O) groups is 2. The van der Waals surface area contributed by atoms with Crippen LogP contribution in [0, 0.1) is 0 Å². The predicted molar refractivity (Wildman–Crippen MR) is 113 cm³/mol. The van der Waals surface area contributed by atoms with Crippen LogP contribution in [-0.4, -0.2) is 35.7 Å². The van der Waals surface area contributed by atoms with Crippen LogP contribution in [0.3, 0.4) is 0 Å². The minimum atomic E-state index is -0.646. The van der Waals surface area contributed by atoms with Crippen molar-refractivity contribution in [2.75, 3.05) is 13.2 Å². The van der Waals surface area contributed by atoms with Gasteiger partial charge in [0.15, 0.2) is 0 Å². The van der Waals surface area contributed by atoms with Crippen LogP contribution in [0.25, 0.3) is 5.53 Å². The molecule has 2 aromatic carbocycles. The summed E-state index contributed by atoms with van der Waals surface area (Å²) in [7, 11) is 0. The Morgan fingerprint density at radius 1 is 0.929 bits per heavy atom. The van der Waals surface area contributed by atoms with E-state index in [0.29, 0.717) is 23.1 Å². The maximum absolute atomic E-state index is 11.4. The average Bonchev–Trinajstić information content (AvgIpc) is 2.67. The van der Waals surface area contributed by atoms with Crippen molar-refractivity contribution >= 4 is 49.5 Å². The highest BCUT2D eigenvalue weighted by molar-refractivity contribution is 9.10. The Morgan fingerprint density at radius 2 is 1.50 bits per heavy atom. The number of carbonyl (C=O) groups excluding carboxylic acids is 2. The van der Waals surface area contributed by atoms with Gasteiger partial charge in [0.05, 0.1) is 25.2 Å². The molecule has 2 aromatic rings. The first-order valence-corrected chi connectivity index (χ1v) is 10.1. The predicted octanol–water partition coefficient (Wildman–Crippen LogP) is 4.59. The van der Waals surface area contributed by atoms with Crippen LogP contribution < -0.4 is 0 Å². The summed E-state index contributed by atoms with van der Waals surface area (Å²) in [6.45, 7) is 4.16. The monoisotopic (exact) mass is 510 g/mol. The first-order valence-electron chi connectivity index (χ1n) is 8.47. The molecule has 8 heteroatoms. The normalized spacial score (nSPS) is 9.43. The van der Waals surface area contributed by atoms with Crippen LogP contribution >= 0.6 is 31.9 Å². The van der Waals surface area contributed by atoms with Gasteiger partial charge in [-0.05, 0) is 53.5 Å². The summed E-state index contributed by atoms with van der Waals surface area (Å²) in [5.74, 6) is -0.832. The van der Waals surface area contributed by atoms with Gasteiger partial charge in [-0.2, -0.15) is 4.79 Å². The summed E-state index contributed by atoms with van der Waals surface area (Å²) in [5.41, 5.74) is 10.1. The van der Waals surface area contributed by atoms with E-state index in [9.17, 15) is 9.59 Å². The second kappa shape index (κ2) is 13.0. The molecule has 0 saturated carbocycles. The molecule has 28 heavy (non-hydrogen) atoms. The van der Waals surface area contributed by atoms with Gasteiger partial charge in [0, 0.05) is 8.95 Å². The second-order valence-electron chi connectivity index (χ2n) is 5.22. The fourth-order valence-corrected chi connectivity index (χ4v) is 2.96. The Balaban J connectivity index is 0.000000283. The Morgan fingerprint density at radius 3 is 2.04 bits per heavy atom. The molecule has 0 fully saturated rings. The van der Waals surface area contributed by atoms with Gasteiger partial charge in [-0.15, -0.1) is 0 Å². The molecule has 0 N–H and O–H groups in total. The molecule has 0 saturated heterocycles. The number of halogens is 2. The number of ether oxygens (including phenoxy) is 2. The third kappa shape index (κ3) is 7.76. The molecule has 0 amide bonds. The molecule has 0 heterocycles. The highest BCUT2D eigenvalue weighted by atomic mass is 79.9. The van der Waals surface area contributed by atoms with Crippen LogP contribution in [-0.2, 0) is 25.5 Å². The molecule has 0 spiro atoms. The number of rotatable bonds is 6. The van der Waals surface area contributed by atoms with Gasteiger partial charge in [-0.1, -0.05) is 46.3 Å². The zero-order valence-corrected chi connectivity index (χ0v) is 18.7. The molecule has 0 aromatic heterocycles. The minimum absolute atomic E-state index is 0.107. The lowest BCUT2D eigenvalue weighted by Crippen LogP contribution is -2.20. The lowest BCUT2D eigenvalue weighted by molar-refractivity contribution is -0.142. The van der Waals surface area contributed by atoms with Crippen molar-refractivity contribution in [2.24, 2.45) is 0 Å². The van der Waals surface area contributed by atoms with Gasteiger partial charge in [0.1, 0.15) is 0 Å². The average molecular weight is 512 g/mol. The summed E-state index contributed by atoms with van der Waals surface area (Å²) in [5, 5.41) is 0. The van der Waals surface area contributed by atoms with E-state index in [0.717, 1.165) is 10.0 Å². The molecule has 2 rings (SSSR count). The first-order chi connectivity index (χ1) is 13.4. The lowest BCUT2D eigenvalue weighted by atomic mass is 10.1. The van der Waals surface area contributed by atoms with Crippen LogP contribution in [0.15, 0.2) is 57.5 Å². The van der Waals surface area contributed by atoms with Crippen molar-refractivity contribution in [1.29, 1.82) is 0 Å². The summed E-state index contributed by atoms with van der Waals surface area (Å²) in [6, 6.07) is 14.6. The molecule has 0 aliphatic carbocycles. The molecule has 0 unspecified atom stereocenters. The summed E-state index contributed by atoms with van der Waals surface area (Å²) < 4.78 is 11.2. The van der Waals surface area contributed by atoms with Crippen molar-refractivity contribution in [2.45, 2.75) is 20.3 Å². The van der Waals surface area contributed by atoms with E-state index in [1.54, 1.807) is 38.1 Å². The molecule has 0 aliphatic rings. The molecular weight excluding hydrogens is 492 g/mol. The van der Waals surface area contributed by atoms with E-state index in [1.807, 2.05) is 24.3 Å². The Hall–Kier alpha value is -2.28. The lowest BCUT2D eigenvalue weighted by Gasteiger charge is -2.03. The maximum Gasteiger partial charge on any atom is 0.422 e. The quantitative estimate of drug-likeness (QED) is 0.245. The van der Waals surface area contributed by atoms with Crippen molar-refractivity contribution in [3.8, 4) is 0 Å². The standard InChI is InChI=1S/C10H9BrN2O2.C10H11BrO2/c1-2-15-10(14)9(13-12)7-5-3-4-6-8(7)11;1-2-13-10(12)7-8-5-3-4-6-9(8)11/h3-6H,2H2,1H3;3-6H,2,7H2,1H3. The molecule has 0 aliphatic heterocycles. The van der Waals surface area contributed by atoms with Gasteiger partial charge < -0.3 is 15.0 Å². The zero-order chi connectivity index (χ0) is 20.9. The van der Waals surface area contributed by atoms with Gasteiger partial charge in [-0.3, -0.25) is 4.79 Å². The Labute approximate surface area is 180 Å². The number of nitrogens with zero attached hydrogens (tertiary/aromatic N) is 2. The van der Waals surface area contributed by atoms with E-state index >= 15 is 0 Å². The first kappa shape index (κ1) is 23.8. The fourth-order valence-electron chi connectivity index (χ4n) is 2.07. The van der Waals surface area contributed by atoms with Crippen molar-refractivity contribution in [3.05, 3.63) is 74.1 Å². The highest BCUT2D eigenvalue weighted by Gasteiger charge is 2.25. The van der Waals surface area contributed by atoms with Crippen LogP contribution in [0.2, 0.25) is 0 Å². The zero-order valence-electron chi connectivity index (χ0n) is 15.5. The Kier molecular flexibility index (Phi) is 11.0. The minimum Gasteiger partial charge on any atom is -0.466 e. The molecular formula is C20H20Br2N2O4. The van der Waals surface area contributed by atoms with E-state index < -0.39 is 5.97 Å². The van der Waals surface area contributed by atoms with Gasteiger partial charge in [0.2, 0.25) is 0 Å². The maximum atomic E-state index is 11.4. The topological polar surface area (TPSA) is 89.0 Å². The Bertz CT molecular complexity index is 865. The highest BCUT2D eigenvalue weighted by Crippen LogP contribution is 2.17. The fraction of sp³-hybridized carbons (Fsp3) is 0.250. The summed E-state index contributed by atoms with van der Waals surface area (Å²) in [6.07, 6.45) is 0.329. The molecule has 148 valence electrons. The third-order valence-corrected chi connectivity index (χ3v) is 4.76. The SMILES string of the molecule is CCOC(=O)C(=[N+]=[N-])c1ccccc1Br.CCOC(=O)Cc1ccccc1Br. The van der Waals surface area contributed by atoms with Gasteiger partial charge >= 0.3 is 17.7 Å². The number of hydrogen-bond acceptors (Lipinski definition) is 4. The summed E-state index contributed by atoms with van der Waals surface area (Å²) >= 11 is 6.63. The largest absolute Gasteiger partial charge is 0.466 e. The van der Waals surface area contributed by atoms with Crippen molar-refractivity contribution in [3.63, 3.8) is 0 Å². The molecule has 0 atom stereocenters.